The third-order valence-electron chi connectivity index (χ3n) is 2.44. The molecular weight excluding hydrogens is 238 g/mol. The zero-order valence-corrected chi connectivity index (χ0v) is 10.6. The lowest BCUT2D eigenvalue weighted by Gasteiger charge is -2.13. The lowest BCUT2D eigenvalue weighted by molar-refractivity contribution is 0.678. The van der Waals surface area contributed by atoms with Crippen LogP contribution in [0.25, 0.3) is 5.65 Å². The summed E-state index contributed by atoms with van der Waals surface area (Å²) < 4.78 is 12.8. The van der Waals surface area contributed by atoms with Crippen molar-refractivity contribution in [2.45, 2.75) is 19.4 Å². The van der Waals surface area contributed by atoms with E-state index >= 15 is 0 Å². The molecule has 0 aliphatic carbocycles. The van der Waals surface area contributed by atoms with Gasteiger partial charge in [0, 0.05) is 41.2 Å². The molecule has 2 heterocycles. The van der Waals surface area contributed by atoms with Crippen LogP contribution < -0.4 is 5.32 Å². The first-order valence-electron chi connectivity index (χ1n) is 5.37. The summed E-state index contributed by atoms with van der Waals surface area (Å²) in [5.74, 6) is 1.39. The average molecular weight is 253 g/mol. The highest BCUT2D eigenvalue weighted by atomic mass is 32.2. The van der Waals surface area contributed by atoms with Crippen molar-refractivity contribution >= 4 is 22.3 Å². The number of nitrogens with one attached hydrogen (secondary N) is 1. The Labute approximate surface area is 102 Å². The van der Waals surface area contributed by atoms with Gasteiger partial charge in [-0.05, 0) is 13.3 Å². The summed E-state index contributed by atoms with van der Waals surface area (Å²) in [6, 6.07) is 0.203. The molecule has 0 amide bonds. The predicted octanol–water partition coefficient (Wildman–Crippen LogP) is 0.693. The van der Waals surface area contributed by atoms with E-state index in [-0.39, 0.29) is 6.04 Å². The fourth-order valence-electron chi connectivity index (χ4n) is 1.51. The van der Waals surface area contributed by atoms with Gasteiger partial charge >= 0.3 is 0 Å². The first-order chi connectivity index (χ1) is 8.16. The van der Waals surface area contributed by atoms with Gasteiger partial charge in [0.05, 0.1) is 0 Å². The molecule has 17 heavy (non-hydrogen) atoms. The normalized spacial score (nSPS) is 14.7. The first kappa shape index (κ1) is 12.0. The van der Waals surface area contributed by atoms with Crippen LogP contribution in [0.15, 0.2) is 18.7 Å². The second-order valence-corrected chi connectivity index (χ2v) is 5.50. The molecule has 2 rings (SSSR count). The molecule has 6 nitrogen and oxygen atoms in total. The minimum Gasteiger partial charge on any atom is -0.364 e. The van der Waals surface area contributed by atoms with Crippen LogP contribution in [-0.4, -0.2) is 41.8 Å². The smallest absolute Gasteiger partial charge is 0.203 e. The topological polar surface area (TPSA) is 72.2 Å². The summed E-state index contributed by atoms with van der Waals surface area (Å²) >= 11 is 0. The fraction of sp³-hybridized carbons (Fsp3) is 0.500. The van der Waals surface area contributed by atoms with Gasteiger partial charge in [-0.3, -0.25) is 8.61 Å². The maximum atomic E-state index is 11.0. The SMILES string of the molecule is CC(CCS(C)=O)Nc1nccn2cnnc12. The molecule has 2 aromatic rings. The van der Waals surface area contributed by atoms with E-state index in [9.17, 15) is 4.21 Å². The third-order valence-corrected chi connectivity index (χ3v) is 3.25. The quantitative estimate of drug-likeness (QED) is 0.849. The Bertz CT molecular complexity index is 526. The van der Waals surface area contributed by atoms with Crippen LogP contribution >= 0.6 is 0 Å². The van der Waals surface area contributed by atoms with Crippen LogP contribution in [0.5, 0.6) is 0 Å². The van der Waals surface area contributed by atoms with Gasteiger partial charge in [0.2, 0.25) is 5.65 Å². The Morgan fingerprint density at radius 2 is 2.41 bits per heavy atom. The predicted molar refractivity (Wildman–Crippen MR) is 67.4 cm³/mol. The van der Waals surface area contributed by atoms with Gasteiger partial charge in [-0.15, -0.1) is 10.2 Å². The Hall–Kier alpha value is -1.50. The van der Waals surface area contributed by atoms with E-state index in [0.717, 1.165) is 6.42 Å². The van der Waals surface area contributed by atoms with Gasteiger partial charge in [-0.1, -0.05) is 0 Å². The highest BCUT2D eigenvalue weighted by molar-refractivity contribution is 7.84. The number of nitrogens with zero attached hydrogens (tertiary/aromatic N) is 4. The molecule has 1 N–H and O–H groups in total. The number of hydrogen-bond acceptors (Lipinski definition) is 5. The molecule has 0 aromatic carbocycles. The minimum absolute atomic E-state index is 0.203. The van der Waals surface area contributed by atoms with Crippen LogP contribution in [-0.2, 0) is 10.8 Å². The number of aromatic nitrogens is 4. The summed E-state index contributed by atoms with van der Waals surface area (Å²) in [5.41, 5.74) is 0.706. The molecular formula is C10H15N5OS. The third kappa shape index (κ3) is 3.00. The number of rotatable bonds is 5. The molecule has 2 aromatic heterocycles. The first-order valence-corrected chi connectivity index (χ1v) is 7.10. The van der Waals surface area contributed by atoms with E-state index in [0.29, 0.717) is 17.2 Å². The van der Waals surface area contributed by atoms with Crippen LogP contribution in [0, 0.1) is 0 Å². The van der Waals surface area contributed by atoms with Gasteiger partial charge in [-0.2, -0.15) is 0 Å². The summed E-state index contributed by atoms with van der Waals surface area (Å²) in [6.07, 6.45) is 7.67. The Morgan fingerprint density at radius 1 is 1.59 bits per heavy atom. The highest BCUT2D eigenvalue weighted by Gasteiger charge is 2.08. The van der Waals surface area contributed by atoms with Crippen molar-refractivity contribution in [2.24, 2.45) is 0 Å². The van der Waals surface area contributed by atoms with Crippen molar-refractivity contribution in [2.75, 3.05) is 17.3 Å². The largest absolute Gasteiger partial charge is 0.364 e. The van der Waals surface area contributed by atoms with Gasteiger partial charge in [-0.25, -0.2) is 4.98 Å². The monoisotopic (exact) mass is 253 g/mol. The van der Waals surface area contributed by atoms with Gasteiger partial charge < -0.3 is 5.32 Å². The van der Waals surface area contributed by atoms with E-state index in [1.54, 1.807) is 29.4 Å². The van der Waals surface area contributed by atoms with Gasteiger partial charge in [0.15, 0.2) is 5.82 Å². The van der Waals surface area contributed by atoms with E-state index in [1.165, 1.54) is 0 Å². The van der Waals surface area contributed by atoms with E-state index in [4.69, 9.17) is 0 Å². The Kier molecular flexibility index (Phi) is 3.68. The van der Waals surface area contributed by atoms with Crippen LogP contribution in [0.2, 0.25) is 0 Å². The van der Waals surface area contributed by atoms with E-state index < -0.39 is 10.8 Å². The molecule has 0 radical (unpaired) electrons. The fourth-order valence-corrected chi connectivity index (χ4v) is 2.19. The van der Waals surface area contributed by atoms with E-state index in [1.807, 2.05) is 6.92 Å². The molecule has 0 spiro atoms. The zero-order chi connectivity index (χ0) is 12.3. The van der Waals surface area contributed by atoms with Crippen molar-refractivity contribution in [1.82, 2.24) is 19.6 Å². The standard InChI is InChI=1S/C10H15N5OS/c1-8(3-6-17(2)16)13-9-10-14-12-7-15(10)5-4-11-9/h4-5,7-8H,3,6H2,1-2H3,(H,11,13). The van der Waals surface area contributed by atoms with E-state index in [2.05, 4.69) is 20.5 Å². The number of anilines is 1. The minimum atomic E-state index is -0.757. The highest BCUT2D eigenvalue weighted by Crippen LogP contribution is 2.12. The molecule has 0 bridgehead atoms. The Balaban J connectivity index is 2.07. The zero-order valence-electron chi connectivity index (χ0n) is 9.83. The number of hydrogen-bond donors (Lipinski definition) is 1. The number of fused-ring (bicyclic) bond motifs is 1. The van der Waals surface area contributed by atoms with Gasteiger partial charge in [0.1, 0.15) is 6.33 Å². The Morgan fingerprint density at radius 3 is 3.18 bits per heavy atom. The maximum absolute atomic E-state index is 11.0. The molecule has 2 unspecified atom stereocenters. The molecule has 0 fully saturated rings. The summed E-state index contributed by atoms with van der Waals surface area (Å²) in [4.78, 5) is 4.24. The van der Waals surface area contributed by atoms with Crippen molar-refractivity contribution < 1.29 is 4.21 Å². The summed E-state index contributed by atoms with van der Waals surface area (Å²) in [6.45, 7) is 2.04. The molecule has 0 saturated heterocycles. The summed E-state index contributed by atoms with van der Waals surface area (Å²) in [5, 5.41) is 11.1. The van der Waals surface area contributed by atoms with Crippen molar-refractivity contribution in [1.29, 1.82) is 0 Å². The molecule has 2 atom stereocenters. The van der Waals surface area contributed by atoms with Crippen LogP contribution in [0.3, 0.4) is 0 Å². The summed E-state index contributed by atoms with van der Waals surface area (Å²) in [7, 11) is -0.757. The maximum Gasteiger partial charge on any atom is 0.203 e. The molecule has 0 aliphatic rings. The lowest BCUT2D eigenvalue weighted by Crippen LogP contribution is -2.19. The van der Waals surface area contributed by atoms with Crippen LogP contribution in [0.1, 0.15) is 13.3 Å². The average Bonchev–Trinajstić information content (AvgIpc) is 2.75. The molecule has 7 heteroatoms. The lowest BCUT2D eigenvalue weighted by atomic mass is 10.2. The van der Waals surface area contributed by atoms with Gasteiger partial charge in [0.25, 0.3) is 0 Å². The second kappa shape index (κ2) is 5.22. The van der Waals surface area contributed by atoms with Crippen molar-refractivity contribution in [3.05, 3.63) is 18.7 Å². The van der Waals surface area contributed by atoms with Crippen molar-refractivity contribution in [3.63, 3.8) is 0 Å². The van der Waals surface area contributed by atoms with Crippen LogP contribution in [0.4, 0.5) is 5.82 Å². The molecule has 0 aliphatic heterocycles. The second-order valence-electron chi connectivity index (χ2n) is 3.95. The molecule has 92 valence electrons. The molecule has 0 saturated carbocycles. The van der Waals surface area contributed by atoms with Crippen molar-refractivity contribution in [3.8, 4) is 0 Å².